The van der Waals surface area contributed by atoms with Gasteiger partial charge in [0, 0.05) is 16.8 Å². The fourth-order valence-corrected chi connectivity index (χ4v) is 3.90. The maximum Gasteiger partial charge on any atom is 0.524 e. The van der Waals surface area contributed by atoms with Crippen LogP contribution >= 0.6 is 0 Å². The van der Waals surface area contributed by atoms with E-state index in [-0.39, 0.29) is 16.8 Å². The average Bonchev–Trinajstić information content (AvgIpc) is 2.51. The molecular weight excluding hydrogens is 421 g/mol. The first-order valence-electron chi connectivity index (χ1n) is 7.60. The lowest BCUT2D eigenvalue weighted by Crippen LogP contribution is -2.51. The molecule has 1 atom stereocenters. The highest BCUT2D eigenvalue weighted by atomic mass is 32.2. The highest BCUT2D eigenvalue weighted by molar-refractivity contribution is 7.92. The second-order valence-corrected chi connectivity index (χ2v) is 9.42. The molecule has 7 nitrogen and oxygen atoms in total. The van der Waals surface area contributed by atoms with Crippen molar-refractivity contribution < 1.29 is 34.7 Å². The molecule has 12 heteroatoms. The quantitative estimate of drug-likeness (QED) is 0.647. The van der Waals surface area contributed by atoms with Crippen LogP contribution in [0.2, 0.25) is 0 Å². The molecule has 2 aromatic rings. The number of sulfonamides is 2. The Morgan fingerprint density at radius 1 is 0.821 bits per heavy atom. The molecule has 0 fully saturated rings. The van der Waals surface area contributed by atoms with Crippen LogP contribution in [0.1, 0.15) is 11.1 Å². The highest BCUT2D eigenvalue weighted by Crippen LogP contribution is 2.38. The van der Waals surface area contributed by atoms with Crippen LogP contribution in [0.3, 0.4) is 0 Å². The third kappa shape index (κ3) is 6.19. The number of halogens is 3. The number of nitrogens with one attached hydrogen (secondary N) is 2. The topological polar surface area (TPSA) is 102 Å². The summed E-state index contributed by atoms with van der Waals surface area (Å²) >= 11 is 0. The molecule has 0 radical (unpaired) electrons. The highest BCUT2D eigenvalue weighted by Gasteiger charge is 2.48. The lowest BCUT2D eigenvalue weighted by atomic mass is 9.94. The van der Waals surface area contributed by atoms with E-state index in [1.807, 2.05) is 4.72 Å². The van der Waals surface area contributed by atoms with E-state index in [4.69, 9.17) is 0 Å². The molecule has 0 amide bonds. The van der Waals surface area contributed by atoms with E-state index in [2.05, 4.69) is 9.46 Å². The van der Waals surface area contributed by atoms with Gasteiger partial charge in [0.25, 0.3) is 0 Å². The molecule has 1 unspecified atom stereocenters. The number of benzene rings is 2. The second-order valence-electron chi connectivity index (χ2n) is 5.92. The van der Waals surface area contributed by atoms with Gasteiger partial charge >= 0.3 is 6.36 Å². The van der Waals surface area contributed by atoms with Gasteiger partial charge in [-0.05, 0) is 12.1 Å². The molecule has 0 saturated carbocycles. The van der Waals surface area contributed by atoms with Crippen molar-refractivity contribution in [2.24, 2.45) is 0 Å². The summed E-state index contributed by atoms with van der Waals surface area (Å²) in [5.41, 5.74) is -3.19. The Morgan fingerprint density at radius 2 is 1.39 bits per heavy atom. The largest absolute Gasteiger partial charge is 0.524 e. The fraction of sp³-hybridized carbons (Fsp3) is 0.250. The van der Waals surface area contributed by atoms with Crippen LogP contribution in [0.25, 0.3) is 0 Å². The first kappa shape index (κ1) is 22.1. The number of rotatable bonds is 7. The van der Waals surface area contributed by atoms with E-state index >= 15 is 0 Å². The second kappa shape index (κ2) is 7.70. The van der Waals surface area contributed by atoms with E-state index in [9.17, 15) is 30.0 Å². The van der Waals surface area contributed by atoms with Crippen molar-refractivity contribution in [3.05, 3.63) is 65.7 Å². The van der Waals surface area contributed by atoms with Gasteiger partial charge in [-0.3, -0.25) is 9.46 Å². The summed E-state index contributed by atoms with van der Waals surface area (Å²) in [5, 5.41) is 0. The fourth-order valence-electron chi connectivity index (χ4n) is 2.55. The zero-order valence-electron chi connectivity index (χ0n) is 14.7. The molecule has 0 aliphatic heterocycles. The third-order valence-electron chi connectivity index (χ3n) is 3.35. The van der Waals surface area contributed by atoms with Crippen molar-refractivity contribution in [1.29, 1.82) is 0 Å². The minimum absolute atomic E-state index is 0.0682. The molecule has 2 rings (SSSR count). The number of ether oxygens (including phenoxy) is 1. The van der Waals surface area contributed by atoms with Crippen LogP contribution in [0, 0.1) is 0 Å². The van der Waals surface area contributed by atoms with Crippen molar-refractivity contribution in [3.63, 3.8) is 0 Å². The Labute approximate surface area is 160 Å². The molecule has 28 heavy (non-hydrogen) atoms. The van der Waals surface area contributed by atoms with E-state index in [0.717, 1.165) is 12.3 Å². The lowest BCUT2D eigenvalue weighted by Gasteiger charge is -2.35. The van der Waals surface area contributed by atoms with Gasteiger partial charge in [-0.15, -0.1) is 13.2 Å². The standard InChI is InChI=1S/C16H17F3N2O5S2/c1-27(22,23)20-14-10-6-9-13(11-14)15(21-28(2,24)25,26-16(17,18)19)12-7-4-3-5-8-12/h3-11,20-21H,1-2H3. The monoisotopic (exact) mass is 438 g/mol. The van der Waals surface area contributed by atoms with Crippen molar-refractivity contribution in [2.75, 3.05) is 17.2 Å². The molecule has 2 N–H and O–H groups in total. The molecule has 0 heterocycles. The summed E-state index contributed by atoms with van der Waals surface area (Å²) in [6.07, 6.45) is -3.68. The van der Waals surface area contributed by atoms with Crippen molar-refractivity contribution in [3.8, 4) is 0 Å². The van der Waals surface area contributed by atoms with Gasteiger partial charge in [0.1, 0.15) is 0 Å². The first-order valence-corrected chi connectivity index (χ1v) is 11.4. The first-order chi connectivity index (χ1) is 12.7. The van der Waals surface area contributed by atoms with Gasteiger partial charge in [-0.25, -0.2) is 16.8 Å². The summed E-state index contributed by atoms with van der Waals surface area (Å²) in [7, 11) is -7.94. The lowest BCUT2D eigenvalue weighted by molar-refractivity contribution is -0.365. The van der Waals surface area contributed by atoms with Crippen molar-refractivity contribution >= 4 is 25.7 Å². The number of hydrogen-bond acceptors (Lipinski definition) is 5. The number of hydrogen-bond donors (Lipinski definition) is 2. The zero-order valence-corrected chi connectivity index (χ0v) is 16.3. The van der Waals surface area contributed by atoms with Crippen LogP contribution in [-0.2, 0) is 30.5 Å². The minimum atomic E-state index is -5.23. The van der Waals surface area contributed by atoms with Crippen LogP contribution in [-0.4, -0.2) is 35.7 Å². The van der Waals surface area contributed by atoms with Crippen LogP contribution in [0.4, 0.5) is 18.9 Å². The van der Waals surface area contributed by atoms with Gasteiger partial charge in [-0.1, -0.05) is 42.5 Å². The average molecular weight is 438 g/mol. The molecular formula is C16H17F3N2O5S2. The van der Waals surface area contributed by atoms with Gasteiger partial charge in [-0.2, -0.15) is 4.72 Å². The summed E-state index contributed by atoms with van der Waals surface area (Å²) in [5.74, 6) is 0. The summed E-state index contributed by atoms with van der Waals surface area (Å²) in [4.78, 5) is 0. The Kier molecular flexibility index (Phi) is 6.09. The van der Waals surface area contributed by atoms with Crippen molar-refractivity contribution in [1.82, 2.24) is 4.72 Å². The smallest absolute Gasteiger partial charge is 0.284 e. The van der Waals surface area contributed by atoms with Gasteiger partial charge < -0.3 is 0 Å². The van der Waals surface area contributed by atoms with E-state index in [1.165, 1.54) is 48.5 Å². The molecule has 0 aromatic heterocycles. The molecule has 0 aliphatic carbocycles. The van der Waals surface area contributed by atoms with Crippen LogP contribution in [0.15, 0.2) is 54.6 Å². The Morgan fingerprint density at radius 3 is 1.89 bits per heavy atom. The molecule has 0 spiro atoms. The van der Waals surface area contributed by atoms with Crippen LogP contribution < -0.4 is 9.44 Å². The van der Waals surface area contributed by atoms with E-state index in [1.54, 1.807) is 0 Å². The Bertz CT molecular complexity index is 1040. The Balaban J connectivity index is 2.77. The van der Waals surface area contributed by atoms with Crippen LogP contribution in [0.5, 0.6) is 0 Å². The molecule has 2 aromatic carbocycles. The van der Waals surface area contributed by atoms with Gasteiger partial charge in [0.05, 0.1) is 12.5 Å². The van der Waals surface area contributed by atoms with Gasteiger partial charge in [0.2, 0.25) is 20.0 Å². The minimum Gasteiger partial charge on any atom is -0.284 e. The third-order valence-corrected chi connectivity index (χ3v) is 4.62. The predicted octanol–water partition coefficient (Wildman–Crippen LogP) is 2.34. The maximum atomic E-state index is 13.3. The summed E-state index contributed by atoms with van der Waals surface area (Å²) < 4.78 is 95.0. The predicted molar refractivity (Wildman–Crippen MR) is 97.3 cm³/mol. The van der Waals surface area contributed by atoms with Crippen molar-refractivity contribution in [2.45, 2.75) is 12.1 Å². The summed E-state index contributed by atoms with van der Waals surface area (Å²) in [6, 6.07) is 11.7. The maximum absolute atomic E-state index is 13.3. The van der Waals surface area contributed by atoms with E-state index < -0.39 is 32.1 Å². The summed E-state index contributed by atoms with van der Waals surface area (Å²) in [6.45, 7) is 0. The number of alkyl halides is 3. The zero-order chi connectivity index (χ0) is 21.2. The SMILES string of the molecule is CS(=O)(=O)Nc1cccc(C(NS(C)(=O)=O)(OC(F)(F)F)c2ccccc2)c1. The molecule has 0 saturated heterocycles. The Hall–Kier alpha value is -2.15. The molecule has 0 aliphatic rings. The normalized spacial score (nSPS) is 15.0. The van der Waals surface area contributed by atoms with E-state index in [0.29, 0.717) is 6.26 Å². The molecule has 0 bridgehead atoms. The number of anilines is 1. The molecule has 154 valence electrons. The van der Waals surface area contributed by atoms with Gasteiger partial charge in [0.15, 0.2) is 5.72 Å².